The van der Waals surface area contributed by atoms with Gasteiger partial charge in [-0.3, -0.25) is 4.98 Å². The summed E-state index contributed by atoms with van der Waals surface area (Å²) in [4.78, 5) is 4.92. The molecular weight excluding hydrogens is 278 g/mol. The lowest BCUT2D eigenvalue weighted by Crippen LogP contribution is -2.04. The minimum atomic E-state index is 0.985. The van der Waals surface area contributed by atoms with Crippen LogP contribution < -0.4 is 0 Å². The highest BCUT2D eigenvalue weighted by Gasteiger charge is 2.13. The average molecular weight is 303 g/mol. The maximum Gasteiger partial charge on any atom is 0.0708 e. The van der Waals surface area contributed by atoms with Crippen LogP contribution in [-0.2, 0) is 19.3 Å². The fourth-order valence-corrected chi connectivity index (χ4v) is 3.36. The van der Waals surface area contributed by atoms with Crippen LogP contribution in [0.5, 0.6) is 0 Å². The van der Waals surface area contributed by atoms with E-state index in [0.717, 1.165) is 24.8 Å². The molecule has 0 bridgehead atoms. The van der Waals surface area contributed by atoms with Crippen LogP contribution in [0, 0.1) is 13.8 Å². The molecule has 3 rings (SSSR count). The van der Waals surface area contributed by atoms with Crippen molar-refractivity contribution in [1.82, 2.24) is 4.98 Å². The van der Waals surface area contributed by atoms with Crippen molar-refractivity contribution >= 4 is 10.9 Å². The number of benzene rings is 2. The zero-order valence-electron chi connectivity index (χ0n) is 14.6. The van der Waals surface area contributed by atoms with Gasteiger partial charge in [-0.25, -0.2) is 0 Å². The topological polar surface area (TPSA) is 12.9 Å². The van der Waals surface area contributed by atoms with Crippen LogP contribution in [0.4, 0.5) is 0 Å². The molecule has 1 heterocycles. The van der Waals surface area contributed by atoms with Crippen LogP contribution in [0.15, 0.2) is 42.5 Å². The lowest BCUT2D eigenvalue weighted by molar-refractivity contribution is 0.954. The Hall–Kier alpha value is -2.15. The molecule has 0 amide bonds. The van der Waals surface area contributed by atoms with E-state index in [4.69, 9.17) is 4.98 Å². The molecule has 0 fully saturated rings. The van der Waals surface area contributed by atoms with E-state index in [1.165, 1.54) is 38.9 Å². The number of hydrogen-bond donors (Lipinski definition) is 0. The predicted octanol–water partition coefficient (Wildman–Crippen LogP) is 5.57. The maximum absolute atomic E-state index is 4.92. The molecular formula is C22H25N. The molecule has 23 heavy (non-hydrogen) atoms. The van der Waals surface area contributed by atoms with Gasteiger partial charge in [0.05, 0.1) is 5.52 Å². The number of rotatable bonds is 4. The molecule has 3 aromatic rings. The molecule has 0 aliphatic carbocycles. The summed E-state index contributed by atoms with van der Waals surface area (Å²) in [5, 5.41) is 1.32. The van der Waals surface area contributed by atoms with Gasteiger partial charge in [0, 0.05) is 11.1 Å². The molecule has 118 valence electrons. The zero-order valence-corrected chi connectivity index (χ0v) is 14.6. The summed E-state index contributed by atoms with van der Waals surface area (Å²) in [5.74, 6) is 0. The minimum Gasteiger partial charge on any atom is -0.253 e. The highest BCUT2D eigenvalue weighted by molar-refractivity contribution is 5.85. The number of pyridine rings is 1. The molecule has 1 heteroatoms. The monoisotopic (exact) mass is 303 g/mol. The van der Waals surface area contributed by atoms with Crippen LogP contribution in [0.25, 0.3) is 10.9 Å². The molecule has 0 N–H and O–H groups in total. The molecule has 0 aliphatic heterocycles. The Kier molecular flexibility index (Phi) is 4.47. The van der Waals surface area contributed by atoms with E-state index in [0.29, 0.717) is 0 Å². The highest BCUT2D eigenvalue weighted by Crippen LogP contribution is 2.28. The summed E-state index contributed by atoms with van der Waals surface area (Å²) in [7, 11) is 0. The molecule has 0 aliphatic rings. The van der Waals surface area contributed by atoms with Gasteiger partial charge in [0.2, 0.25) is 0 Å². The second-order valence-electron chi connectivity index (χ2n) is 6.41. The molecule has 0 unspecified atom stereocenters. The van der Waals surface area contributed by atoms with Gasteiger partial charge >= 0.3 is 0 Å². The van der Waals surface area contributed by atoms with Crippen molar-refractivity contribution in [3.05, 3.63) is 76.0 Å². The Bertz CT molecular complexity index is 829. The van der Waals surface area contributed by atoms with E-state index in [1.807, 2.05) is 0 Å². The first-order valence-corrected chi connectivity index (χ1v) is 8.59. The second-order valence-corrected chi connectivity index (χ2v) is 6.41. The van der Waals surface area contributed by atoms with Crippen molar-refractivity contribution in [2.24, 2.45) is 0 Å². The SMILES string of the molecule is CCc1nc2ccc(C)cc2c(Cc2ccc(C)cc2)c1CC. The Balaban J connectivity index is 2.22. The van der Waals surface area contributed by atoms with Gasteiger partial charge in [-0.1, -0.05) is 55.3 Å². The van der Waals surface area contributed by atoms with E-state index in [9.17, 15) is 0 Å². The van der Waals surface area contributed by atoms with Gasteiger partial charge in [-0.15, -0.1) is 0 Å². The van der Waals surface area contributed by atoms with Crippen LogP contribution in [0.3, 0.4) is 0 Å². The van der Waals surface area contributed by atoms with Crippen LogP contribution in [0.1, 0.15) is 47.4 Å². The van der Waals surface area contributed by atoms with E-state index < -0.39 is 0 Å². The molecule has 2 aromatic carbocycles. The molecule has 1 aromatic heterocycles. The van der Waals surface area contributed by atoms with Gasteiger partial charge in [0.15, 0.2) is 0 Å². The van der Waals surface area contributed by atoms with E-state index >= 15 is 0 Å². The van der Waals surface area contributed by atoms with Crippen LogP contribution in [-0.4, -0.2) is 4.98 Å². The fourth-order valence-electron chi connectivity index (χ4n) is 3.36. The molecule has 0 saturated heterocycles. The largest absolute Gasteiger partial charge is 0.253 e. The lowest BCUT2D eigenvalue weighted by Gasteiger charge is -2.16. The van der Waals surface area contributed by atoms with Gasteiger partial charge in [0.25, 0.3) is 0 Å². The third-order valence-electron chi connectivity index (χ3n) is 4.64. The third-order valence-corrected chi connectivity index (χ3v) is 4.64. The van der Waals surface area contributed by atoms with Crippen LogP contribution >= 0.6 is 0 Å². The number of nitrogens with zero attached hydrogens (tertiary/aromatic N) is 1. The Labute approximate surface area is 139 Å². The Morgan fingerprint density at radius 3 is 2.13 bits per heavy atom. The second kappa shape index (κ2) is 6.54. The summed E-state index contributed by atoms with van der Waals surface area (Å²) in [6, 6.07) is 15.5. The summed E-state index contributed by atoms with van der Waals surface area (Å²) in [6.07, 6.45) is 3.02. The van der Waals surface area contributed by atoms with E-state index in [1.54, 1.807) is 0 Å². The first kappa shape index (κ1) is 15.7. The van der Waals surface area contributed by atoms with Gasteiger partial charge in [-0.2, -0.15) is 0 Å². The van der Waals surface area contributed by atoms with E-state index in [2.05, 4.69) is 70.2 Å². The maximum atomic E-state index is 4.92. The number of fused-ring (bicyclic) bond motifs is 1. The molecule has 1 nitrogen and oxygen atoms in total. The van der Waals surface area contributed by atoms with Gasteiger partial charge < -0.3 is 0 Å². The van der Waals surface area contributed by atoms with Crippen molar-refractivity contribution in [3.63, 3.8) is 0 Å². The van der Waals surface area contributed by atoms with Crippen LogP contribution in [0.2, 0.25) is 0 Å². The first-order chi connectivity index (χ1) is 11.1. The normalized spacial score (nSPS) is 11.1. The lowest BCUT2D eigenvalue weighted by atomic mass is 9.91. The van der Waals surface area contributed by atoms with Gasteiger partial charge in [-0.05, 0) is 61.9 Å². The first-order valence-electron chi connectivity index (χ1n) is 8.59. The molecule has 0 radical (unpaired) electrons. The summed E-state index contributed by atoms with van der Waals surface area (Å²) < 4.78 is 0. The quantitative estimate of drug-likeness (QED) is 0.614. The fraction of sp³-hybridized carbons (Fsp3) is 0.318. The van der Waals surface area contributed by atoms with Gasteiger partial charge in [0.1, 0.15) is 0 Å². The summed E-state index contributed by atoms with van der Waals surface area (Å²) >= 11 is 0. The molecule has 0 saturated carbocycles. The number of aryl methyl sites for hydroxylation is 3. The summed E-state index contributed by atoms with van der Waals surface area (Å²) in [6.45, 7) is 8.75. The predicted molar refractivity (Wildman–Crippen MR) is 99.2 cm³/mol. The Morgan fingerprint density at radius 2 is 1.48 bits per heavy atom. The van der Waals surface area contributed by atoms with E-state index in [-0.39, 0.29) is 0 Å². The Morgan fingerprint density at radius 1 is 0.783 bits per heavy atom. The average Bonchev–Trinajstić information content (AvgIpc) is 2.56. The standard InChI is InChI=1S/C22H25N/c1-5-18-19(14-17-10-7-15(3)8-11-17)20-13-16(4)9-12-22(20)23-21(18)6-2/h7-13H,5-6,14H2,1-4H3. The summed E-state index contributed by atoms with van der Waals surface area (Å²) in [5.41, 5.74) is 9.28. The smallest absolute Gasteiger partial charge is 0.0708 e. The molecule has 0 spiro atoms. The van der Waals surface area contributed by atoms with Crippen molar-refractivity contribution < 1.29 is 0 Å². The van der Waals surface area contributed by atoms with Crippen molar-refractivity contribution in [3.8, 4) is 0 Å². The number of hydrogen-bond acceptors (Lipinski definition) is 1. The van der Waals surface area contributed by atoms with Crippen molar-refractivity contribution in [2.45, 2.75) is 47.0 Å². The molecule has 0 atom stereocenters. The van der Waals surface area contributed by atoms with Crippen molar-refractivity contribution in [1.29, 1.82) is 0 Å². The van der Waals surface area contributed by atoms with Crippen molar-refractivity contribution in [2.75, 3.05) is 0 Å². The zero-order chi connectivity index (χ0) is 16.4. The number of aromatic nitrogens is 1. The third kappa shape index (κ3) is 3.14. The minimum absolute atomic E-state index is 0.985. The highest BCUT2D eigenvalue weighted by atomic mass is 14.7.